The van der Waals surface area contributed by atoms with E-state index >= 15 is 0 Å². The minimum Gasteiger partial charge on any atom is -0.382 e. The first kappa shape index (κ1) is 14.9. The van der Waals surface area contributed by atoms with Gasteiger partial charge in [0.15, 0.2) is 0 Å². The van der Waals surface area contributed by atoms with Gasteiger partial charge in [-0.2, -0.15) is 5.10 Å². The number of pyridine rings is 1. The van der Waals surface area contributed by atoms with E-state index in [0.717, 1.165) is 43.1 Å². The van der Waals surface area contributed by atoms with Crippen LogP contribution in [-0.2, 0) is 13.0 Å². The third-order valence-electron chi connectivity index (χ3n) is 4.17. The Hall–Kier alpha value is -2.01. The molecule has 0 saturated carbocycles. The second kappa shape index (κ2) is 6.83. The van der Waals surface area contributed by atoms with Crippen molar-refractivity contribution in [1.82, 2.24) is 20.1 Å². The summed E-state index contributed by atoms with van der Waals surface area (Å²) in [7, 11) is 0. The van der Waals surface area contributed by atoms with Crippen LogP contribution >= 0.6 is 0 Å². The maximum Gasteiger partial charge on any atom is 0.146 e. The van der Waals surface area contributed by atoms with Crippen molar-refractivity contribution >= 4 is 5.82 Å². The highest BCUT2D eigenvalue weighted by Gasteiger charge is 2.21. The Morgan fingerprint density at radius 1 is 1.18 bits per heavy atom. The van der Waals surface area contributed by atoms with Crippen LogP contribution in [0.3, 0.4) is 0 Å². The van der Waals surface area contributed by atoms with Gasteiger partial charge in [0.2, 0.25) is 0 Å². The van der Waals surface area contributed by atoms with E-state index in [4.69, 9.17) is 5.73 Å². The normalized spacial score (nSPS) is 19.2. The second-order valence-corrected chi connectivity index (χ2v) is 6.17. The molecule has 116 valence electrons. The molecule has 5 heteroatoms. The Morgan fingerprint density at radius 3 is 2.86 bits per heavy atom. The maximum absolute atomic E-state index is 5.59. The molecular formula is C17H23N5. The van der Waals surface area contributed by atoms with Crippen molar-refractivity contribution in [3.05, 3.63) is 47.4 Å². The fraction of sp³-hybridized carbons (Fsp3) is 0.471. The van der Waals surface area contributed by atoms with Gasteiger partial charge in [-0.1, -0.05) is 6.07 Å². The summed E-state index contributed by atoms with van der Waals surface area (Å²) in [4.78, 5) is 7.11. The second-order valence-electron chi connectivity index (χ2n) is 6.17. The summed E-state index contributed by atoms with van der Waals surface area (Å²) < 4.78 is 0. The quantitative estimate of drug-likeness (QED) is 0.937. The number of nitrogen functional groups attached to an aromatic ring is 1. The SMILES string of the molecule is Cc1cccc(CN2CCCC(Cc3ccc(N)nn3)C2)n1. The number of nitrogens with zero attached hydrogens (tertiary/aromatic N) is 4. The number of rotatable bonds is 4. The van der Waals surface area contributed by atoms with Crippen LogP contribution in [-0.4, -0.2) is 33.2 Å². The van der Waals surface area contributed by atoms with Crippen molar-refractivity contribution in [1.29, 1.82) is 0 Å². The fourth-order valence-corrected chi connectivity index (χ4v) is 3.15. The van der Waals surface area contributed by atoms with E-state index in [1.165, 1.54) is 12.8 Å². The summed E-state index contributed by atoms with van der Waals surface area (Å²) in [6.07, 6.45) is 3.47. The van der Waals surface area contributed by atoms with E-state index in [0.29, 0.717) is 11.7 Å². The number of aromatic nitrogens is 3. The number of piperidine rings is 1. The molecule has 2 N–H and O–H groups in total. The maximum atomic E-state index is 5.59. The van der Waals surface area contributed by atoms with Crippen LogP contribution in [0.1, 0.15) is 29.9 Å². The summed E-state index contributed by atoms with van der Waals surface area (Å²) in [6.45, 7) is 5.23. The Balaban J connectivity index is 1.58. The molecule has 3 rings (SSSR count). The number of anilines is 1. The average molecular weight is 297 g/mol. The Kier molecular flexibility index (Phi) is 4.63. The minimum atomic E-state index is 0.486. The van der Waals surface area contributed by atoms with Crippen LogP contribution in [0.25, 0.3) is 0 Å². The molecule has 0 amide bonds. The summed E-state index contributed by atoms with van der Waals surface area (Å²) in [5, 5.41) is 8.13. The zero-order valence-corrected chi connectivity index (χ0v) is 13.1. The van der Waals surface area contributed by atoms with Gasteiger partial charge in [0.25, 0.3) is 0 Å². The average Bonchev–Trinajstić information content (AvgIpc) is 2.50. The molecule has 1 fully saturated rings. The van der Waals surface area contributed by atoms with E-state index in [9.17, 15) is 0 Å². The predicted molar refractivity (Wildman–Crippen MR) is 87.1 cm³/mol. The fourth-order valence-electron chi connectivity index (χ4n) is 3.15. The van der Waals surface area contributed by atoms with Gasteiger partial charge in [0, 0.05) is 18.8 Å². The first-order valence-corrected chi connectivity index (χ1v) is 7.92. The molecule has 0 aromatic carbocycles. The van der Waals surface area contributed by atoms with Crippen LogP contribution in [0.4, 0.5) is 5.82 Å². The number of aryl methyl sites for hydroxylation is 1. The molecule has 0 radical (unpaired) electrons. The topological polar surface area (TPSA) is 67.9 Å². The first-order chi connectivity index (χ1) is 10.7. The Labute approximate surface area is 131 Å². The lowest BCUT2D eigenvalue weighted by Gasteiger charge is -2.32. The zero-order valence-electron chi connectivity index (χ0n) is 13.1. The van der Waals surface area contributed by atoms with Crippen LogP contribution in [0.15, 0.2) is 30.3 Å². The highest BCUT2D eigenvalue weighted by atomic mass is 15.1. The molecule has 0 bridgehead atoms. The molecule has 0 aliphatic carbocycles. The number of hydrogen-bond donors (Lipinski definition) is 1. The van der Waals surface area contributed by atoms with Gasteiger partial charge < -0.3 is 5.73 Å². The van der Waals surface area contributed by atoms with Crippen LogP contribution in [0.5, 0.6) is 0 Å². The van der Waals surface area contributed by atoms with Crippen molar-refractivity contribution in [2.75, 3.05) is 18.8 Å². The summed E-state index contributed by atoms with van der Waals surface area (Å²) in [5.74, 6) is 1.12. The predicted octanol–water partition coefficient (Wildman–Crippen LogP) is 2.22. The molecule has 1 aliphatic rings. The van der Waals surface area contributed by atoms with Crippen molar-refractivity contribution < 1.29 is 0 Å². The van der Waals surface area contributed by atoms with Gasteiger partial charge in [0.1, 0.15) is 5.82 Å². The van der Waals surface area contributed by atoms with Crippen LogP contribution in [0, 0.1) is 12.8 Å². The van der Waals surface area contributed by atoms with E-state index in [-0.39, 0.29) is 0 Å². The van der Waals surface area contributed by atoms with E-state index in [1.54, 1.807) is 0 Å². The summed E-state index contributed by atoms with van der Waals surface area (Å²) in [6, 6.07) is 10.1. The lowest BCUT2D eigenvalue weighted by atomic mass is 9.93. The number of hydrogen-bond acceptors (Lipinski definition) is 5. The molecule has 3 heterocycles. The van der Waals surface area contributed by atoms with E-state index in [1.807, 2.05) is 25.1 Å². The molecule has 1 aliphatic heterocycles. The molecule has 2 aromatic rings. The van der Waals surface area contributed by atoms with Crippen LogP contribution < -0.4 is 5.73 Å². The largest absolute Gasteiger partial charge is 0.382 e. The molecule has 22 heavy (non-hydrogen) atoms. The van der Waals surface area contributed by atoms with Gasteiger partial charge >= 0.3 is 0 Å². The minimum absolute atomic E-state index is 0.486. The van der Waals surface area contributed by atoms with Gasteiger partial charge in [-0.05, 0) is 62.9 Å². The zero-order chi connectivity index (χ0) is 15.4. The lowest BCUT2D eigenvalue weighted by Crippen LogP contribution is -2.36. The highest BCUT2D eigenvalue weighted by molar-refractivity contribution is 5.25. The Morgan fingerprint density at radius 2 is 2.09 bits per heavy atom. The molecule has 0 spiro atoms. The van der Waals surface area contributed by atoms with Gasteiger partial charge in [-0.3, -0.25) is 9.88 Å². The first-order valence-electron chi connectivity index (χ1n) is 7.92. The van der Waals surface area contributed by atoms with E-state index in [2.05, 4.69) is 32.2 Å². The smallest absolute Gasteiger partial charge is 0.146 e. The van der Waals surface area contributed by atoms with Crippen molar-refractivity contribution in [3.8, 4) is 0 Å². The molecular weight excluding hydrogens is 274 g/mol. The molecule has 2 aromatic heterocycles. The number of likely N-dealkylation sites (tertiary alicyclic amines) is 1. The summed E-state index contributed by atoms with van der Waals surface area (Å²) in [5.41, 5.74) is 8.87. The molecule has 1 saturated heterocycles. The highest BCUT2D eigenvalue weighted by Crippen LogP contribution is 2.21. The molecule has 1 atom stereocenters. The Bertz CT molecular complexity index is 611. The van der Waals surface area contributed by atoms with Crippen molar-refractivity contribution in [3.63, 3.8) is 0 Å². The van der Waals surface area contributed by atoms with Gasteiger partial charge in [0.05, 0.1) is 11.4 Å². The van der Waals surface area contributed by atoms with Crippen molar-refractivity contribution in [2.45, 2.75) is 32.7 Å². The van der Waals surface area contributed by atoms with Gasteiger partial charge in [-0.15, -0.1) is 5.10 Å². The van der Waals surface area contributed by atoms with Crippen LogP contribution in [0.2, 0.25) is 0 Å². The number of nitrogens with two attached hydrogens (primary N) is 1. The van der Waals surface area contributed by atoms with Gasteiger partial charge in [-0.25, -0.2) is 0 Å². The van der Waals surface area contributed by atoms with E-state index < -0.39 is 0 Å². The molecule has 5 nitrogen and oxygen atoms in total. The lowest BCUT2D eigenvalue weighted by molar-refractivity contribution is 0.164. The summed E-state index contributed by atoms with van der Waals surface area (Å²) >= 11 is 0. The third-order valence-corrected chi connectivity index (χ3v) is 4.17. The molecule has 1 unspecified atom stereocenters. The monoisotopic (exact) mass is 297 g/mol. The third kappa shape index (κ3) is 4.01. The standard InChI is InChI=1S/C17H23N5/c1-13-4-2-6-16(19-13)12-22-9-3-5-14(11-22)10-15-7-8-17(18)21-20-15/h2,4,6-8,14H,3,5,9-12H2,1H3,(H2,18,21). The van der Waals surface area contributed by atoms with Crippen molar-refractivity contribution in [2.24, 2.45) is 5.92 Å².